The summed E-state index contributed by atoms with van der Waals surface area (Å²) in [6.45, 7) is 13.3. The summed E-state index contributed by atoms with van der Waals surface area (Å²) in [4.78, 5) is 14.0. The van der Waals surface area contributed by atoms with Crippen LogP contribution < -0.4 is 0 Å². The lowest BCUT2D eigenvalue weighted by Gasteiger charge is -2.46. The molecule has 5 atom stereocenters. The van der Waals surface area contributed by atoms with Gasteiger partial charge in [0, 0.05) is 36.5 Å². The van der Waals surface area contributed by atoms with Gasteiger partial charge in [-0.25, -0.2) is 0 Å². The fourth-order valence-electron chi connectivity index (χ4n) is 4.43. The predicted octanol–water partition coefficient (Wildman–Crippen LogP) is 7.08. The first-order chi connectivity index (χ1) is 18.0. The van der Waals surface area contributed by atoms with E-state index in [9.17, 15) is 4.79 Å². The van der Waals surface area contributed by atoms with Crippen molar-refractivity contribution in [2.24, 2.45) is 0 Å². The van der Waals surface area contributed by atoms with Crippen LogP contribution in [0, 0.1) is 6.92 Å². The molecule has 1 aliphatic rings. The van der Waals surface area contributed by atoms with Crippen molar-refractivity contribution < 1.29 is 28.5 Å². The molecule has 0 aromatic heterocycles. The molecular weight excluding hydrogens is 536 g/mol. The van der Waals surface area contributed by atoms with E-state index in [0.717, 1.165) is 61.4 Å². The zero-order chi connectivity index (χ0) is 27.0. The highest BCUT2D eigenvalue weighted by Crippen LogP contribution is 2.32. The van der Waals surface area contributed by atoms with Gasteiger partial charge in [0.05, 0.1) is 6.61 Å². The van der Waals surface area contributed by atoms with Crippen LogP contribution >= 0.6 is 15.9 Å². The van der Waals surface area contributed by atoms with Crippen LogP contribution in [0.25, 0.3) is 0 Å². The number of benzene rings is 1. The number of carbonyl (C=O) groups is 1. The summed E-state index contributed by atoms with van der Waals surface area (Å²) >= 11 is 3.51. The summed E-state index contributed by atoms with van der Waals surface area (Å²) in [7, 11) is 0. The van der Waals surface area contributed by atoms with Crippen molar-refractivity contribution in [1.82, 2.24) is 0 Å². The van der Waals surface area contributed by atoms with Crippen LogP contribution in [0.3, 0.4) is 0 Å². The summed E-state index contributed by atoms with van der Waals surface area (Å²) < 4.78 is 32.8. The van der Waals surface area contributed by atoms with Gasteiger partial charge in [-0.05, 0) is 56.4 Å². The Labute approximate surface area is 233 Å². The van der Waals surface area contributed by atoms with Crippen LogP contribution in [0.5, 0.6) is 0 Å². The van der Waals surface area contributed by atoms with Crippen molar-refractivity contribution in [1.29, 1.82) is 0 Å². The number of ketones is 1. The molecule has 1 aliphatic heterocycles. The van der Waals surface area contributed by atoms with E-state index in [4.69, 9.17) is 23.7 Å². The fraction of sp³-hybridized carbons (Fsp3) is 0.767. The van der Waals surface area contributed by atoms with Gasteiger partial charge in [-0.3, -0.25) is 4.79 Å². The number of hydrogen-bond acceptors (Lipinski definition) is 6. The van der Waals surface area contributed by atoms with Crippen LogP contribution in [0.4, 0.5) is 0 Å². The molecule has 1 saturated heterocycles. The second-order valence-corrected chi connectivity index (χ2v) is 10.8. The van der Waals surface area contributed by atoms with E-state index < -0.39 is 24.4 Å². The zero-order valence-electron chi connectivity index (χ0n) is 23.6. The van der Waals surface area contributed by atoms with Crippen LogP contribution in [0.15, 0.2) is 22.7 Å². The molecule has 1 fully saturated rings. The van der Waals surface area contributed by atoms with Gasteiger partial charge in [-0.15, -0.1) is 0 Å². The molecule has 212 valence electrons. The van der Waals surface area contributed by atoms with Crippen molar-refractivity contribution in [3.05, 3.63) is 33.8 Å². The molecule has 37 heavy (non-hydrogen) atoms. The molecule has 0 saturated carbocycles. The quantitative estimate of drug-likeness (QED) is 0.128. The minimum atomic E-state index is -0.797. The standard InChI is InChI=1S/C30H49BrO6/c1-6-10-16-33-21-25-27(34-17-11-7-2)29(35-18-12-8-3)30(36-19-13-9-4)28(37-25)26(32)24-15-14-23(31)20-22(24)5/h14-15,20,25,27-30H,6-13,16-19,21H2,1-5H3/t25?,27-,28-,29+,30?/m1/s1. The topological polar surface area (TPSA) is 63.2 Å². The third kappa shape index (κ3) is 10.3. The molecular formula is C30H49BrO6. The molecule has 1 aromatic carbocycles. The van der Waals surface area contributed by atoms with Gasteiger partial charge in [0.25, 0.3) is 0 Å². The number of rotatable bonds is 19. The Kier molecular flexibility index (Phi) is 16.2. The minimum Gasteiger partial charge on any atom is -0.379 e. The van der Waals surface area contributed by atoms with Gasteiger partial charge in [-0.2, -0.15) is 0 Å². The molecule has 6 nitrogen and oxygen atoms in total. The highest BCUT2D eigenvalue weighted by Gasteiger charge is 2.50. The molecule has 0 radical (unpaired) electrons. The van der Waals surface area contributed by atoms with E-state index in [2.05, 4.69) is 43.6 Å². The van der Waals surface area contributed by atoms with Gasteiger partial charge < -0.3 is 23.7 Å². The fourth-order valence-corrected chi connectivity index (χ4v) is 4.90. The zero-order valence-corrected chi connectivity index (χ0v) is 25.2. The second-order valence-electron chi connectivity index (χ2n) is 9.91. The molecule has 0 aliphatic carbocycles. The second kappa shape index (κ2) is 18.5. The largest absolute Gasteiger partial charge is 0.379 e. The number of aryl methyl sites for hydroxylation is 1. The first-order valence-electron chi connectivity index (χ1n) is 14.4. The number of Topliss-reactive ketones (excluding diaryl/α,β-unsaturated/α-hetero) is 1. The molecule has 0 bridgehead atoms. The Morgan fingerprint density at radius 3 is 1.92 bits per heavy atom. The van der Waals surface area contributed by atoms with E-state index in [-0.39, 0.29) is 11.9 Å². The third-order valence-electron chi connectivity index (χ3n) is 6.70. The highest BCUT2D eigenvalue weighted by atomic mass is 79.9. The molecule has 2 unspecified atom stereocenters. The maximum absolute atomic E-state index is 14.0. The number of carbonyl (C=O) groups excluding carboxylic acids is 1. The van der Waals surface area contributed by atoms with Gasteiger partial charge in [0.15, 0.2) is 5.78 Å². The average molecular weight is 586 g/mol. The van der Waals surface area contributed by atoms with E-state index in [1.165, 1.54) is 0 Å². The van der Waals surface area contributed by atoms with Gasteiger partial charge in [-0.1, -0.05) is 69.3 Å². The Hall–Kier alpha value is -0.830. The smallest absolute Gasteiger partial charge is 0.194 e. The summed E-state index contributed by atoms with van der Waals surface area (Å²) in [5, 5.41) is 0. The van der Waals surface area contributed by atoms with E-state index in [0.29, 0.717) is 38.6 Å². The molecule has 0 amide bonds. The first-order valence-corrected chi connectivity index (χ1v) is 15.2. The molecule has 7 heteroatoms. The number of hydrogen-bond donors (Lipinski definition) is 0. The van der Waals surface area contributed by atoms with Crippen molar-refractivity contribution in [3.8, 4) is 0 Å². The van der Waals surface area contributed by atoms with Gasteiger partial charge in [0.2, 0.25) is 0 Å². The van der Waals surface area contributed by atoms with Crippen molar-refractivity contribution in [2.45, 2.75) is 117 Å². The molecule has 2 rings (SSSR count). The van der Waals surface area contributed by atoms with E-state index >= 15 is 0 Å². The maximum Gasteiger partial charge on any atom is 0.194 e. The lowest BCUT2D eigenvalue weighted by atomic mass is 9.89. The number of unbranched alkanes of at least 4 members (excludes halogenated alkanes) is 4. The number of ether oxygens (including phenoxy) is 5. The lowest BCUT2D eigenvalue weighted by molar-refractivity contribution is -0.254. The third-order valence-corrected chi connectivity index (χ3v) is 7.19. The Morgan fingerprint density at radius 1 is 0.811 bits per heavy atom. The SMILES string of the molecule is CCCCOCC1O[C@H](C(=O)c2ccc(Br)cc2C)C(OCCCC)[C@@H](OCCCC)[C@@H]1OCCCC. The first kappa shape index (κ1) is 32.4. The van der Waals surface area contributed by atoms with E-state index in [1.807, 2.05) is 25.1 Å². The predicted molar refractivity (Wildman–Crippen MR) is 152 cm³/mol. The molecule has 1 aromatic rings. The minimum absolute atomic E-state index is 0.0823. The van der Waals surface area contributed by atoms with Crippen LogP contribution in [-0.2, 0) is 23.7 Å². The van der Waals surface area contributed by atoms with Crippen LogP contribution in [-0.4, -0.2) is 69.3 Å². The summed E-state index contributed by atoms with van der Waals surface area (Å²) in [6.07, 6.45) is 5.32. The average Bonchev–Trinajstić information content (AvgIpc) is 2.88. The Morgan fingerprint density at radius 2 is 1.35 bits per heavy atom. The summed E-state index contributed by atoms with van der Waals surface area (Å²) in [6, 6.07) is 5.71. The Bertz CT molecular complexity index is 772. The van der Waals surface area contributed by atoms with Crippen LogP contribution in [0.1, 0.15) is 95.0 Å². The van der Waals surface area contributed by atoms with E-state index in [1.54, 1.807) is 0 Å². The lowest BCUT2D eigenvalue weighted by Crippen LogP contribution is -2.63. The van der Waals surface area contributed by atoms with Crippen molar-refractivity contribution in [2.75, 3.05) is 33.0 Å². The normalized spacial score (nSPS) is 23.9. The van der Waals surface area contributed by atoms with Crippen LogP contribution in [0.2, 0.25) is 0 Å². The molecule has 0 N–H and O–H groups in total. The van der Waals surface area contributed by atoms with Crippen molar-refractivity contribution >= 4 is 21.7 Å². The number of halogens is 1. The maximum atomic E-state index is 14.0. The summed E-state index contributed by atoms with van der Waals surface area (Å²) in [5.41, 5.74) is 1.54. The molecule has 0 spiro atoms. The molecule has 1 heterocycles. The summed E-state index contributed by atoms with van der Waals surface area (Å²) in [5.74, 6) is -0.0823. The van der Waals surface area contributed by atoms with Gasteiger partial charge in [0.1, 0.15) is 30.5 Å². The monoisotopic (exact) mass is 584 g/mol. The van der Waals surface area contributed by atoms with Gasteiger partial charge >= 0.3 is 0 Å². The van der Waals surface area contributed by atoms with Crippen molar-refractivity contribution in [3.63, 3.8) is 0 Å². The Balaban J connectivity index is 2.43. The highest BCUT2D eigenvalue weighted by molar-refractivity contribution is 9.10.